The van der Waals surface area contributed by atoms with Crippen LogP contribution in [0.5, 0.6) is 17.2 Å². The third-order valence-electron chi connectivity index (χ3n) is 2.72. The van der Waals surface area contributed by atoms with E-state index in [0.29, 0.717) is 17.2 Å². The van der Waals surface area contributed by atoms with Gasteiger partial charge in [-0.3, -0.25) is 9.59 Å². The Morgan fingerprint density at radius 1 is 1.09 bits per heavy atom. The molecule has 1 aromatic carbocycles. The first kappa shape index (κ1) is 17.2. The molecule has 22 heavy (non-hydrogen) atoms. The topological polar surface area (TPSA) is 85.9 Å². The summed E-state index contributed by atoms with van der Waals surface area (Å²) in [6.07, 6.45) is 5.02. The maximum Gasteiger partial charge on any atom is 0.251 e. The number of benzene rings is 1. The van der Waals surface area contributed by atoms with Gasteiger partial charge in [0.25, 0.3) is 5.91 Å². The summed E-state index contributed by atoms with van der Waals surface area (Å²) in [5.74, 6) is 2.53. The van der Waals surface area contributed by atoms with Gasteiger partial charge in [0, 0.05) is 5.56 Å². The van der Waals surface area contributed by atoms with Crippen molar-refractivity contribution in [3.8, 4) is 29.6 Å². The van der Waals surface area contributed by atoms with Crippen molar-refractivity contribution in [2.45, 2.75) is 0 Å². The Balaban J connectivity index is 2.85. The molecule has 1 aromatic rings. The SMILES string of the molecule is C#CCNC(=O)CNC(=O)c1cc(OC)c(OC)c(OC)c1. The Labute approximate surface area is 128 Å². The average molecular weight is 306 g/mol. The monoisotopic (exact) mass is 306 g/mol. The average Bonchev–Trinajstić information content (AvgIpc) is 2.55. The lowest BCUT2D eigenvalue weighted by molar-refractivity contribution is -0.119. The Morgan fingerprint density at radius 3 is 2.14 bits per heavy atom. The lowest BCUT2D eigenvalue weighted by Crippen LogP contribution is -2.37. The first-order valence-electron chi connectivity index (χ1n) is 6.35. The highest BCUT2D eigenvalue weighted by molar-refractivity contribution is 5.97. The number of methoxy groups -OCH3 is 3. The molecule has 0 aromatic heterocycles. The molecule has 2 N–H and O–H groups in total. The number of amides is 2. The number of carbonyl (C=O) groups excluding carboxylic acids is 2. The Kier molecular flexibility index (Phi) is 6.57. The molecule has 0 radical (unpaired) electrons. The number of hydrogen-bond acceptors (Lipinski definition) is 5. The highest BCUT2D eigenvalue weighted by Crippen LogP contribution is 2.38. The fourth-order valence-corrected chi connectivity index (χ4v) is 1.69. The second-order valence-corrected chi connectivity index (χ2v) is 4.08. The molecule has 7 heteroatoms. The second-order valence-electron chi connectivity index (χ2n) is 4.08. The molecule has 0 aliphatic heterocycles. The molecule has 0 heterocycles. The molecule has 0 saturated heterocycles. The predicted octanol–water partition coefficient (Wildman–Crippen LogP) is 0.192. The summed E-state index contributed by atoms with van der Waals surface area (Å²) in [5, 5.41) is 4.92. The third-order valence-corrected chi connectivity index (χ3v) is 2.72. The quantitative estimate of drug-likeness (QED) is 0.703. The van der Waals surface area contributed by atoms with E-state index in [0.717, 1.165) is 0 Å². The molecule has 0 atom stereocenters. The van der Waals surface area contributed by atoms with Crippen molar-refractivity contribution < 1.29 is 23.8 Å². The number of rotatable bonds is 7. The molecule has 0 fully saturated rings. The van der Waals surface area contributed by atoms with Crippen LogP contribution >= 0.6 is 0 Å². The van der Waals surface area contributed by atoms with Crippen molar-refractivity contribution in [2.75, 3.05) is 34.4 Å². The first-order valence-corrected chi connectivity index (χ1v) is 6.35. The van der Waals surface area contributed by atoms with Gasteiger partial charge in [0.1, 0.15) is 0 Å². The molecule has 2 amide bonds. The van der Waals surface area contributed by atoms with Gasteiger partial charge in [-0.05, 0) is 12.1 Å². The summed E-state index contributed by atoms with van der Waals surface area (Å²) >= 11 is 0. The normalized spacial score (nSPS) is 9.36. The fourth-order valence-electron chi connectivity index (χ4n) is 1.69. The molecule has 0 bridgehead atoms. The van der Waals surface area contributed by atoms with Crippen LogP contribution in [-0.2, 0) is 4.79 Å². The molecule has 0 unspecified atom stereocenters. The van der Waals surface area contributed by atoms with Crippen molar-refractivity contribution in [3.05, 3.63) is 17.7 Å². The molecule has 0 saturated carbocycles. The summed E-state index contributed by atoms with van der Waals surface area (Å²) in [5.41, 5.74) is 0.277. The standard InChI is InChI=1S/C15H18N2O5/c1-5-6-16-13(18)9-17-15(19)10-7-11(20-2)14(22-4)12(8-10)21-3/h1,7-8H,6,9H2,2-4H3,(H,16,18)(H,17,19). The van der Waals surface area contributed by atoms with Crippen molar-refractivity contribution in [3.63, 3.8) is 0 Å². The van der Waals surface area contributed by atoms with E-state index in [4.69, 9.17) is 20.6 Å². The van der Waals surface area contributed by atoms with Gasteiger partial charge in [-0.1, -0.05) is 5.92 Å². The zero-order valence-corrected chi connectivity index (χ0v) is 12.7. The van der Waals surface area contributed by atoms with Crippen molar-refractivity contribution in [1.29, 1.82) is 0 Å². The molecular formula is C15H18N2O5. The number of hydrogen-bond donors (Lipinski definition) is 2. The third kappa shape index (κ3) is 4.31. The molecule has 1 rings (SSSR count). The number of terminal acetylenes is 1. The summed E-state index contributed by atoms with van der Waals surface area (Å²) in [7, 11) is 4.37. The van der Waals surface area contributed by atoms with Crippen LogP contribution in [-0.4, -0.2) is 46.2 Å². The Hall–Kier alpha value is -2.88. The summed E-state index contributed by atoms with van der Waals surface area (Å²) in [4.78, 5) is 23.5. The minimum atomic E-state index is -0.449. The summed E-state index contributed by atoms with van der Waals surface area (Å²) in [6, 6.07) is 2.99. The van der Waals surface area contributed by atoms with Gasteiger partial charge >= 0.3 is 0 Å². The van der Waals surface area contributed by atoms with E-state index < -0.39 is 5.91 Å². The van der Waals surface area contributed by atoms with Crippen molar-refractivity contribution in [1.82, 2.24) is 10.6 Å². The van der Waals surface area contributed by atoms with Crippen LogP contribution in [0.2, 0.25) is 0 Å². The largest absolute Gasteiger partial charge is 0.493 e. The number of carbonyl (C=O) groups is 2. The molecule has 0 aliphatic carbocycles. The zero-order valence-electron chi connectivity index (χ0n) is 12.7. The zero-order chi connectivity index (χ0) is 16.5. The van der Waals surface area contributed by atoms with E-state index in [9.17, 15) is 9.59 Å². The van der Waals surface area contributed by atoms with Crippen LogP contribution in [0.15, 0.2) is 12.1 Å². The predicted molar refractivity (Wildman–Crippen MR) is 80.3 cm³/mol. The summed E-state index contributed by atoms with van der Waals surface area (Å²) in [6.45, 7) is -0.0734. The maximum absolute atomic E-state index is 12.1. The van der Waals surface area contributed by atoms with Gasteiger partial charge in [0.15, 0.2) is 11.5 Å². The van der Waals surface area contributed by atoms with Gasteiger partial charge in [-0.2, -0.15) is 0 Å². The van der Waals surface area contributed by atoms with Gasteiger partial charge < -0.3 is 24.8 Å². The van der Waals surface area contributed by atoms with Crippen molar-refractivity contribution in [2.24, 2.45) is 0 Å². The minimum absolute atomic E-state index is 0.110. The molecule has 0 aliphatic rings. The van der Waals surface area contributed by atoms with Crippen LogP contribution < -0.4 is 24.8 Å². The molecule has 118 valence electrons. The van der Waals surface area contributed by atoms with Gasteiger partial charge in [0.05, 0.1) is 34.4 Å². The van der Waals surface area contributed by atoms with Crippen LogP contribution in [0.4, 0.5) is 0 Å². The van der Waals surface area contributed by atoms with Crippen LogP contribution in [0.1, 0.15) is 10.4 Å². The smallest absolute Gasteiger partial charge is 0.251 e. The van der Waals surface area contributed by atoms with E-state index in [-0.39, 0.29) is 24.6 Å². The highest BCUT2D eigenvalue weighted by atomic mass is 16.5. The fraction of sp³-hybridized carbons (Fsp3) is 0.333. The summed E-state index contributed by atoms with van der Waals surface area (Å²) < 4.78 is 15.5. The van der Waals surface area contributed by atoms with Crippen LogP contribution in [0, 0.1) is 12.3 Å². The Bertz CT molecular complexity index is 567. The number of ether oxygens (including phenoxy) is 3. The lowest BCUT2D eigenvalue weighted by atomic mass is 10.1. The van der Waals surface area contributed by atoms with Crippen LogP contribution in [0.25, 0.3) is 0 Å². The Morgan fingerprint density at radius 2 is 1.68 bits per heavy atom. The van der Waals surface area contributed by atoms with E-state index in [1.54, 1.807) is 0 Å². The first-order chi connectivity index (χ1) is 10.6. The van der Waals surface area contributed by atoms with E-state index in [1.165, 1.54) is 33.5 Å². The van der Waals surface area contributed by atoms with E-state index >= 15 is 0 Å². The molecule has 7 nitrogen and oxygen atoms in total. The van der Waals surface area contributed by atoms with Crippen LogP contribution in [0.3, 0.4) is 0 Å². The molecular weight excluding hydrogens is 288 g/mol. The number of nitrogens with one attached hydrogen (secondary N) is 2. The van der Waals surface area contributed by atoms with Gasteiger partial charge in [0.2, 0.25) is 11.7 Å². The van der Waals surface area contributed by atoms with E-state index in [2.05, 4.69) is 16.6 Å². The van der Waals surface area contributed by atoms with Gasteiger partial charge in [-0.25, -0.2) is 0 Å². The highest BCUT2D eigenvalue weighted by Gasteiger charge is 2.17. The van der Waals surface area contributed by atoms with E-state index in [1.807, 2.05) is 0 Å². The maximum atomic E-state index is 12.1. The van der Waals surface area contributed by atoms with Gasteiger partial charge in [-0.15, -0.1) is 6.42 Å². The molecule has 0 spiro atoms. The van der Waals surface area contributed by atoms with Crippen molar-refractivity contribution >= 4 is 11.8 Å². The second kappa shape index (κ2) is 8.42. The lowest BCUT2D eigenvalue weighted by Gasteiger charge is -2.14. The minimum Gasteiger partial charge on any atom is -0.493 e.